The normalized spacial score (nSPS) is 15.0. The van der Waals surface area contributed by atoms with Crippen LogP contribution in [0.4, 0.5) is 5.69 Å². The summed E-state index contributed by atoms with van der Waals surface area (Å²) in [5.74, 6) is 0.980. The number of benzene rings is 3. The fraction of sp³-hybridized carbons (Fsp3) is 0.259. The molecular formula is C27H28N2O5. The van der Waals surface area contributed by atoms with E-state index in [0.717, 1.165) is 6.42 Å². The molecule has 3 aromatic rings. The van der Waals surface area contributed by atoms with Crippen LogP contribution in [-0.2, 0) is 0 Å². The number of likely N-dealkylation sites (tertiary alicyclic amines) is 1. The Balaban J connectivity index is 1.54. The van der Waals surface area contributed by atoms with Crippen LogP contribution in [0, 0.1) is 0 Å². The average Bonchev–Trinajstić information content (AvgIpc) is 3.38. The summed E-state index contributed by atoms with van der Waals surface area (Å²) in [7, 11) is 4.49. The topological polar surface area (TPSA) is 77.1 Å². The van der Waals surface area contributed by atoms with E-state index in [1.165, 1.54) is 26.9 Å². The maximum Gasteiger partial charge on any atom is 0.255 e. The fourth-order valence-electron chi connectivity index (χ4n) is 4.30. The molecule has 1 unspecified atom stereocenters. The van der Waals surface area contributed by atoms with Crippen LogP contribution in [0.15, 0.2) is 66.7 Å². The highest BCUT2D eigenvalue weighted by molar-refractivity contribution is 6.09. The Morgan fingerprint density at radius 3 is 2.18 bits per heavy atom. The molecule has 7 heteroatoms. The lowest BCUT2D eigenvalue weighted by Crippen LogP contribution is -2.29. The summed E-state index contributed by atoms with van der Waals surface area (Å²) in [6, 6.07) is 20.4. The van der Waals surface area contributed by atoms with E-state index in [0.29, 0.717) is 53.1 Å². The largest absolute Gasteiger partial charge is 0.493 e. The molecule has 1 fully saturated rings. The van der Waals surface area contributed by atoms with Gasteiger partial charge in [0.25, 0.3) is 11.8 Å². The number of hydrogen-bond donors (Lipinski definition) is 1. The molecule has 0 aliphatic carbocycles. The molecule has 34 heavy (non-hydrogen) atoms. The number of para-hydroxylation sites is 1. The van der Waals surface area contributed by atoms with Crippen molar-refractivity contribution in [1.82, 2.24) is 4.90 Å². The highest BCUT2D eigenvalue weighted by atomic mass is 16.5. The van der Waals surface area contributed by atoms with Gasteiger partial charge in [-0.1, -0.05) is 42.5 Å². The van der Waals surface area contributed by atoms with Crippen molar-refractivity contribution in [2.24, 2.45) is 0 Å². The Kier molecular flexibility index (Phi) is 7.01. The Bertz CT molecular complexity index is 1150. The number of anilines is 1. The van der Waals surface area contributed by atoms with Crippen molar-refractivity contribution >= 4 is 17.5 Å². The zero-order valence-corrected chi connectivity index (χ0v) is 19.5. The Hall–Kier alpha value is -4.00. The van der Waals surface area contributed by atoms with E-state index in [4.69, 9.17) is 14.2 Å². The minimum Gasteiger partial charge on any atom is -0.493 e. The molecule has 1 saturated heterocycles. The van der Waals surface area contributed by atoms with Gasteiger partial charge >= 0.3 is 0 Å². The third-order valence-corrected chi connectivity index (χ3v) is 6.08. The molecule has 0 saturated carbocycles. The van der Waals surface area contributed by atoms with Gasteiger partial charge in [-0.25, -0.2) is 0 Å². The van der Waals surface area contributed by atoms with Gasteiger partial charge in [-0.05, 0) is 36.2 Å². The fourth-order valence-corrected chi connectivity index (χ4v) is 4.30. The van der Waals surface area contributed by atoms with Crippen LogP contribution in [0.5, 0.6) is 17.2 Å². The van der Waals surface area contributed by atoms with Gasteiger partial charge in [0.2, 0.25) is 5.75 Å². The van der Waals surface area contributed by atoms with E-state index in [2.05, 4.69) is 17.4 Å². The molecule has 7 nitrogen and oxygen atoms in total. The van der Waals surface area contributed by atoms with Crippen LogP contribution in [-0.4, -0.2) is 51.1 Å². The summed E-state index contributed by atoms with van der Waals surface area (Å²) in [5.41, 5.74) is 2.47. The number of hydrogen-bond acceptors (Lipinski definition) is 5. The summed E-state index contributed by atoms with van der Waals surface area (Å²) in [6.07, 6.45) is 0.912. The first-order chi connectivity index (χ1) is 16.5. The van der Waals surface area contributed by atoms with Crippen LogP contribution in [0.1, 0.15) is 38.6 Å². The zero-order valence-electron chi connectivity index (χ0n) is 19.5. The molecule has 176 valence electrons. The average molecular weight is 461 g/mol. The van der Waals surface area contributed by atoms with E-state index in [9.17, 15) is 9.59 Å². The van der Waals surface area contributed by atoms with Crippen molar-refractivity contribution in [2.45, 2.75) is 12.3 Å². The molecule has 1 aliphatic rings. The van der Waals surface area contributed by atoms with E-state index in [1.807, 2.05) is 23.1 Å². The zero-order chi connectivity index (χ0) is 24.1. The molecule has 1 atom stereocenters. The van der Waals surface area contributed by atoms with Crippen LogP contribution in [0.3, 0.4) is 0 Å². The number of rotatable bonds is 7. The maximum absolute atomic E-state index is 13.4. The first kappa shape index (κ1) is 23.2. The monoisotopic (exact) mass is 460 g/mol. The van der Waals surface area contributed by atoms with Crippen LogP contribution in [0.2, 0.25) is 0 Å². The van der Waals surface area contributed by atoms with Crippen LogP contribution >= 0.6 is 0 Å². The predicted octanol–water partition coefficient (Wildman–Crippen LogP) is 4.59. The lowest BCUT2D eigenvalue weighted by atomic mass is 9.99. The summed E-state index contributed by atoms with van der Waals surface area (Å²) in [5, 5.41) is 2.88. The van der Waals surface area contributed by atoms with Crippen molar-refractivity contribution in [2.75, 3.05) is 39.7 Å². The van der Waals surface area contributed by atoms with E-state index in [-0.39, 0.29) is 11.8 Å². The molecule has 1 aliphatic heterocycles. The van der Waals surface area contributed by atoms with Gasteiger partial charge in [-0.3, -0.25) is 9.59 Å². The van der Waals surface area contributed by atoms with Crippen molar-refractivity contribution < 1.29 is 23.8 Å². The van der Waals surface area contributed by atoms with Crippen LogP contribution in [0.25, 0.3) is 0 Å². The van der Waals surface area contributed by atoms with Gasteiger partial charge in [0.1, 0.15) is 0 Å². The van der Waals surface area contributed by atoms with E-state index in [1.54, 1.807) is 36.4 Å². The molecular weight excluding hydrogens is 432 g/mol. The summed E-state index contributed by atoms with van der Waals surface area (Å²) in [6.45, 7) is 1.32. The number of amides is 2. The Morgan fingerprint density at radius 2 is 1.53 bits per heavy atom. The molecule has 1 heterocycles. The van der Waals surface area contributed by atoms with Crippen molar-refractivity contribution in [3.05, 3.63) is 83.4 Å². The highest BCUT2D eigenvalue weighted by Gasteiger charge is 2.29. The first-order valence-corrected chi connectivity index (χ1v) is 11.1. The minimum atomic E-state index is -0.386. The third kappa shape index (κ3) is 4.69. The number of ether oxygens (including phenoxy) is 3. The minimum absolute atomic E-state index is 0.0979. The summed E-state index contributed by atoms with van der Waals surface area (Å²) in [4.78, 5) is 28.3. The SMILES string of the molecule is COc1cc(C(=O)Nc2ccccc2C(=O)N2CCC(c3ccccc3)C2)cc(OC)c1OC. The van der Waals surface area contributed by atoms with Crippen molar-refractivity contribution in [3.8, 4) is 17.2 Å². The van der Waals surface area contributed by atoms with Gasteiger partial charge in [0, 0.05) is 24.6 Å². The number of nitrogens with zero attached hydrogens (tertiary/aromatic N) is 1. The van der Waals surface area contributed by atoms with Gasteiger partial charge < -0.3 is 24.4 Å². The summed E-state index contributed by atoms with van der Waals surface area (Å²) < 4.78 is 16.0. The lowest BCUT2D eigenvalue weighted by Gasteiger charge is -2.19. The number of methoxy groups -OCH3 is 3. The first-order valence-electron chi connectivity index (χ1n) is 11.1. The lowest BCUT2D eigenvalue weighted by molar-refractivity contribution is 0.0792. The Morgan fingerprint density at radius 1 is 0.882 bits per heavy atom. The van der Waals surface area contributed by atoms with E-state index >= 15 is 0 Å². The second-order valence-corrected chi connectivity index (χ2v) is 8.06. The summed E-state index contributed by atoms with van der Waals surface area (Å²) >= 11 is 0. The number of carbonyl (C=O) groups excluding carboxylic acids is 2. The van der Waals surface area contributed by atoms with E-state index < -0.39 is 0 Å². The van der Waals surface area contributed by atoms with Crippen LogP contribution < -0.4 is 19.5 Å². The molecule has 0 spiro atoms. The third-order valence-electron chi connectivity index (χ3n) is 6.08. The molecule has 4 rings (SSSR count). The van der Waals surface area contributed by atoms with Gasteiger partial charge in [-0.15, -0.1) is 0 Å². The Labute approximate surface area is 199 Å². The smallest absolute Gasteiger partial charge is 0.255 e. The second-order valence-electron chi connectivity index (χ2n) is 8.06. The standard InChI is InChI=1S/C27H28N2O5/c1-32-23-15-20(16-24(33-2)25(23)34-3)26(30)28-22-12-8-7-11-21(22)27(31)29-14-13-19(17-29)18-9-5-4-6-10-18/h4-12,15-16,19H,13-14,17H2,1-3H3,(H,28,30). The molecule has 0 bridgehead atoms. The maximum atomic E-state index is 13.4. The molecule has 3 aromatic carbocycles. The quantitative estimate of drug-likeness (QED) is 0.558. The van der Waals surface area contributed by atoms with Crippen molar-refractivity contribution in [3.63, 3.8) is 0 Å². The van der Waals surface area contributed by atoms with Gasteiger partial charge in [0.15, 0.2) is 11.5 Å². The van der Waals surface area contributed by atoms with Gasteiger partial charge in [-0.2, -0.15) is 0 Å². The second kappa shape index (κ2) is 10.3. The highest BCUT2D eigenvalue weighted by Crippen LogP contribution is 2.38. The molecule has 0 aromatic heterocycles. The number of nitrogens with one attached hydrogen (secondary N) is 1. The predicted molar refractivity (Wildman–Crippen MR) is 130 cm³/mol. The molecule has 0 radical (unpaired) electrons. The van der Waals surface area contributed by atoms with Gasteiger partial charge in [0.05, 0.1) is 32.6 Å². The molecule has 2 amide bonds. The molecule has 1 N–H and O–H groups in total. The van der Waals surface area contributed by atoms with Crippen molar-refractivity contribution in [1.29, 1.82) is 0 Å². The number of carbonyl (C=O) groups is 2.